The Morgan fingerprint density at radius 3 is 2.62 bits per heavy atom. The van der Waals surface area contributed by atoms with Crippen molar-refractivity contribution in [1.29, 1.82) is 0 Å². The molecule has 0 bridgehead atoms. The van der Waals surface area contributed by atoms with Gasteiger partial charge in [0.05, 0.1) is 10.9 Å². The number of hydrogen-bond acceptors (Lipinski definition) is 3. The van der Waals surface area contributed by atoms with Crippen LogP contribution in [0.1, 0.15) is 33.9 Å². The number of carbonyl (C=O) groups is 2. The number of amides is 2. The molecule has 0 saturated carbocycles. The summed E-state index contributed by atoms with van der Waals surface area (Å²) in [4.78, 5) is 30.2. The highest BCUT2D eigenvalue weighted by molar-refractivity contribution is 7.12. The van der Waals surface area contributed by atoms with Gasteiger partial charge in [-0.15, -0.1) is 11.3 Å². The lowest BCUT2D eigenvalue weighted by Crippen LogP contribution is -2.47. The van der Waals surface area contributed by atoms with Gasteiger partial charge >= 0.3 is 0 Å². The van der Waals surface area contributed by atoms with Gasteiger partial charge in [0, 0.05) is 36.5 Å². The van der Waals surface area contributed by atoms with E-state index in [0.29, 0.717) is 23.0 Å². The van der Waals surface area contributed by atoms with E-state index in [2.05, 4.69) is 4.57 Å². The lowest BCUT2D eigenvalue weighted by molar-refractivity contribution is -0.134. The summed E-state index contributed by atoms with van der Waals surface area (Å²) in [6.07, 6.45) is 2.04. The van der Waals surface area contributed by atoms with Gasteiger partial charge in [0.2, 0.25) is 5.91 Å². The summed E-state index contributed by atoms with van der Waals surface area (Å²) in [7, 11) is 0. The fraction of sp³-hybridized carbons (Fsp3) is 0.273. The number of hydrogen-bond donors (Lipinski definition) is 0. The minimum absolute atomic E-state index is 0.0517. The lowest BCUT2D eigenvalue weighted by Gasteiger charge is -2.38. The third-order valence-corrected chi connectivity index (χ3v) is 6.38. The number of likely N-dealkylation sites (N-methyl/N-ethyl adjacent to an activating group) is 1. The summed E-state index contributed by atoms with van der Waals surface area (Å²) in [6, 6.07) is 15.1. The molecule has 150 valence electrons. The molecule has 0 saturated heterocycles. The van der Waals surface area contributed by atoms with E-state index in [-0.39, 0.29) is 24.4 Å². The Morgan fingerprint density at radius 1 is 1.14 bits per heavy atom. The van der Waals surface area contributed by atoms with Gasteiger partial charge in [0.1, 0.15) is 6.54 Å². The van der Waals surface area contributed by atoms with E-state index in [0.717, 1.165) is 17.8 Å². The van der Waals surface area contributed by atoms with Crippen LogP contribution < -0.4 is 0 Å². The van der Waals surface area contributed by atoms with Crippen LogP contribution in [-0.4, -0.2) is 45.8 Å². The van der Waals surface area contributed by atoms with Crippen molar-refractivity contribution >= 4 is 34.8 Å². The van der Waals surface area contributed by atoms with Crippen LogP contribution >= 0.6 is 22.9 Å². The highest BCUT2D eigenvalue weighted by Crippen LogP contribution is 2.33. The minimum atomic E-state index is -0.195. The van der Waals surface area contributed by atoms with Gasteiger partial charge in [0.15, 0.2) is 0 Å². The van der Waals surface area contributed by atoms with E-state index in [1.807, 2.05) is 65.9 Å². The first-order chi connectivity index (χ1) is 14.1. The van der Waals surface area contributed by atoms with E-state index < -0.39 is 0 Å². The van der Waals surface area contributed by atoms with E-state index in [1.54, 1.807) is 11.0 Å². The highest BCUT2D eigenvalue weighted by Gasteiger charge is 2.33. The van der Waals surface area contributed by atoms with E-state index >= 15 is 0 Å². The molecule has 1 aromatic carbocycles. The molecule has 3 heterocycles. The largest absolute Gasteiger partial charge is 0.348 e. The Hall–Kier alpha value is -2.57. The maximum atomic E-state index is 13.3. The van der Waals surface area contributed by atoms with Crippen LogP contribution in [0.2, 0.25) is 5.02 Å². The second-order valence-electron chi connectivity index (χ2n) is 6.96. The van der Waals surface area contributed by atoms with Crippen LogP contribution in [0, 0.1) is 0 Å². The first-order valence-electron chi connectivity index (χ1n) is 9.61. The quantitative estimate of drug-likeness (QED) is 0.609. The molecule has 5 nitrogen and oxygen atoms in total. The first kappa shape index (κ1) is 19.7. The second-order valence-corrected chi connectivity index (χ2v) is 8.35. The molecule has 7 heteroatoms. The molecule has 1 aliphatic rings. The number of thiophene rings is 1. The van der Waals surface area contributed by atoms with Crippen LogP contribution in [0.25, 0.3) is 0 Å². The van der Waals surface area contributed by atoms with Crippen molar-refractivity contribution in [3.63, 3.8) is 0 Å². The second kappa shape index (κ2) is 8.43. The summed E-state index contributed by atoms with van der Waals surface area (Å²) >= 11 is 7.47. The van der Waals surface area contributed by atoms with Crippen molar-refractivity contribution in [2.75, 3.05) is 19.6 Å². The summed E-state index contributed by atoms with van der Waals surface area (Å²) in [5.41, 5.74) is 2.08. The Bertz CT molecular complexity index is 998. The standard InChI is InChI=1S/C22H22ClN3O2S/c1-2-24(22(28)19-6-4-14-29-19)15-20(27)26-13-12-25-11-3-5-18(25)21(26)16-7-9-17(23)10-8-16/h3-11,14,21H,2,12-13,15H2,1H3. The third kappa shape index (κ3) is 3.95. The number of halogens is 1. The van der Waals surface area contributed by atoms with Crippen LogP contribution in [0.3, 0.4) is 0 Å². The number of carbonyl (C=O) groups excluding carboxylic acids is 2. The van der Waals surface area contributed by atoms with E-state index in [4.69, 9.17) is 11.6 Å². The predicted octanol–water partition coefficient (Wildman–Crippen LogP) is 4.30. The zero-order valence-corrected chi connectivity index (χ0v) is 17.7. The molecule has 1 atom stereocenters. The van der Waals surface area contributed by atoms with E-state index in [9.17, 15) is 9.59 Å². The molecule has 1 aliphatic heterocycles. The molecule has 0 spiro atoms. The maximum absolute atomic E-state index is 13.3. The predicted molar refractivity (Wildman–Crippen MR) is 115 cm³/mol. The third-order valence-electron chi connectivity index (χ3n) is 5.27. The molecule has 4 rings (SSSR count). The monoisotopic (exact) mass is 427 g/mol. The topological polar surface area (TPSA) is 45.6 Å². The molecule has 29 heavy (non-hydrogen) atoms. The molecule has 0 N–H and O–H groups in total. The molecule has 3 aromatic rings. The summed E-state index contributed by atoms with van der Waals surface area (Å²) in [5.74, 6) is -0.150. The summed E-state index contributed by atoms with van der Waals surface area (Å²) in [6.45, 7) is 3.79. The van der Waals surface area contributed by atoms with E-state index in [1.165, 1.54) is 11.3 Å². The van der Waals surface area contributed by atoms with Crippen LogP contribution in [0.15, 0.2) is 60.1 Å². The molecular formula is C22H22ClN3O2S. The molecule has 0 radical (unpaired) electrons. The maximum Gasteiger partial charge on any atom is 0.264 e. The number of rotatable bonds is 5. The average molecular weight is 428 g/mol. The molecule has 1 unspecified atom stereocenters. The molecule has 0 fully saturated rings. The zero-order valence-electron chi connectivity index (χ0n) is 16.1. The Balaban J connectivity index is 1.60. The van der Waals surface area contributed by atoms with Gasteiger partial charge in [-0.3, -0.25) is 9.59 Å². The normalized spacial score (nSPS) is 15.8. The number of benzene rings is 1. The van der Waals surface area contributed by atoms with Crippen LogP contribution in [-0.2, 0) is 11.3 Å². The van der Waals surface area contributed by atoms with Gasteiger partial charge in [-0.25, -0.2) is 0 Å². The first-order valence-corrected chi connectivity index (χ1v) is 10.9. The van der Waals surface area contributed by atoms with Gasteiger partial charge in [-0.1, -0.05) is 29.8 Å². The van der Waals surface area contributed by atoms with Gasteiger partial charge < -0.3 is 14.4 Å². The van der Waals surface area contributed by atoms with Crippen molar-refractivity contribution < 1.29 is 9.59 Å². The van der Waals surface area contributed by atoms with Crippen molar-refractivity contribution in [3.05, 3.63) is 81.3 Å². The highest BCUT2D eigenvalue weighted by atomic mass is 35.5. The molecule has 2 aromatic heterocycles. The van der Waals surface area contributed by atoms with Crippen LogP contribution in [0.4, 0.5) is 0 Å². The van der Waals surface area contributed by atoms with Gasteiger partial charge in [0.25, 0.3) is 5.91 Å². The molecule has 0 aliphatic carbocycles. The van der Waals surface area contributed by atoms with Crippen molar-refractivity contribution in [2.24, 2.45) is 0 Å². The summed E-state index contributed by atoms with van der Waals surface area (Å²) < 4.78 is 2.18. The fourth-order valence-corrected chi connectivity index (χ4v) is 4.60. The van der Waals surface area contributed by atoms with Crippen molar-refractivity contribution in [3.8, 4) is 0 Å². The SMILES string of the molecule is CCN(CC(=O)N1CCn2cccc2C1c1ccc(Cl)cc1)C(=O)c1cccs1. The molecular weight excluding hydrogens is 406 g/mol. The van der Waals surface area contributed by atoms with Gasteiger partial charge in [-0.05, 0) is 48.2 Å². The van der Waals surface area contributed by atoms with Crippen LogP contribution in [0.5, 0.6) is 0 Å². The van der Waals surface area contributed by atoms with Gasteiger partial charge in [-0.2, -0.15) is 0 Å². The smallest absolute Gasteiger partial charge is 0.264 e. The Labute approximate surface area is 179 Å². The Kier molecular flexibility index (Phi) is 5.74. The Morgan fingerprint density at radius 2 is 1.93 bits per heavy atom. The average Bonchev–Trinajstić information content (AvgIpc) is 3.43. The minimum Gasteiger partial charge on any atom is -0.348 e. The van der Waals surface area contributed by atoms with Crippen molar-refractivity contribution in [1.82, 2.24) is 14.4 Å². The van der Waals surface area contributed by atoms with Crippen molar-refractivity contribution in [2.45, 2.75) is 19.5 Å². The molecule has 2 amide bonds. The fourth-order valence-electron chi connectivity index (χ4n) is 3.79. The summed E-state index contributed by atoms with van der Waals surface area (Å²) in [5, 5.41) is 2.54. The zero-order chi connectivity index (χ0) is 20.4. The number of aromatic nitrogens is 1. The number of fused-ring (bicyclic) bond motifs is 1. The number of nitrogens with zero attached hydrogens (tertiary/aromatic N) is 3. The lowest BCUT2D eigenvalue weighted by atomic mass is 10.00.